The molecule has 1 saturated heterocycles. The maximum absolute atomic E-state index is 14.1. The molecule has 23 heavy (non-hydrogen) atoms. The number of halogens is 1. The fraction of sp³-hybridized carbons (Fsp3) is 0.438. The third-order valence-corrected chi connectivity index (χ3v) is 4.00. The lowest BCUT2D eigenvalue weighted by atomic mass is 10.2. The first-order valence-electron chi connectivity index (χ1n) is 7.78. The highest BCUT2D eigenvalue weighted by Crippen LogP contribution is 2.14. The predicted octanol–water partition coefficient (Wildman–Crippen LogP) is 1.51. The van der Waals surface area contributed by atoms with Crippen LogP contribution in [0.3, 0.4) is 0 Å². The van der Waals surface area contributed by atoms with Crippen LogP contribution in [0.25, 0.3) is 5.69 Å². The van der Waals surface area contributed by atoms with Crippen molar-refractivity contribution in [2.45, 2.75) is 32.4 Å². The van der Waals surface area contributed by atoms with Crippen molar-refractivity contribution in [1.82, 2.24) is 25.0 Å². The quantitative estimate of drug-likeness (QED) is 0.877. The number of amides is 1. The molecule has 0 aliphatic carbocycles. The molecule has 1 aromatic heterocycles. The molecule has 1 aromatic carbocycles. The minimum absolute atomic E-state index is 0.162. The zero-order valence-electron chi connectivity index (χ0n) is 13.1. The van der Waals surface area contributed by atoms with Crippen molar-refractivity contribution in [3.8, 4) is 5.69 Å². The molecular formula is C16H20FN5O. The minimum atomic E-state index is -0.336. The van der Waals surface area contributed by atoms with E-state index in [1.807, 2.05) is 17.9 Å². The highest BCUT2D eigenvalue weighted by molar-refractivity contribution is 5.78. The molecule has 1 aliphatic rings. The van der Waals surface area contributed by atoms with E-state index in [0.717, 1.165) is 18.5 Å². The van der Waals surface area contributed by atoms with E-state index in [4.69, 9.17) is 0 Å². The third-order valence-electron chi connectivity index (χ3n) is 4.00. The Bertz CT molecular complexity index is 673. The molecule has 7 heteroatoms. The van der Waals surface area contributed by atoms with E-state index in [-0.39, 0.29) is 17.8 Å². The van der Waals surface area contributed by atoms with Gasteiger partial charge in [-0.15, -0.1) is 0 Å². The zero-order chi connectivity index (χ0) is 16.2. The van der Waals surface area contributed by atoms with Gasteiger partial charge in [-0.1, -0.05) is 6.07 Å². The number of benzene rings is 1. The standard InChI is InChI=1S/C16H20FN5O/c1-12(9-21-6-2-3-16(21)23)19-8-13-4-5-15(14(17)7-13)22-11-18-10-20-22/h4-5,7,10-12,19H,2-3,6,8-9H2,1H3/t12-/m0/s1. The van der Waals surface area contributed by atoms with Gasteiger partial charge in [-0.05, 0) is 31.0 Å². The summed E-state index contributed by atoms with van der Waals surface area (Å²) in [5.74, 6) is -0.112. The highest BCUT2D eigenvalue weighted by atomic mass is 19.1. The van der Waals surface area contributed by atoms with Gasteiger partial charge in [0, 0.05) is 32.1 Å². The van der Waals surface area contributed by atoms with Crippen LogP contribution in [0.4, 0.5) is 4.39 Å². The maximum Gasteiger partial charge on any atom is 0.222 e. The number of rotatable bonds is 6. The van der Waals surface area contributed by atoms with Gasteiger partial charge in [0.15, 0.2) is 0 Å². The van der Waals surface area contributed by atoms with Crippen molar-refractivity contribution in [2.75, 3.05) is 13.1 Å². The second-order valence-electron chi connectivity index (χ2n) is 5.85. The average molecular weight is 317 g/mol. The predicted molar refractivity (Wildman–Crippen MR) is 83.4 cm³/mol. The van der Waals surface area contributed by atoms with E-state index in [0.29, 0.717) is 25.2 Å². The number of nitrogens with one attached hydrogen (secondary N) is 1. The minimum Gasteiger partial charge on any atom is -0.341 e. The summed E-state index contributed by atoms with van der Waals surface area (Å²) in [5, 5.41) is 7.26. The summed E-state index contributed by atoms with van der Waals surface area (Å²) >= 11 is 0. The molecule has 0 saturated carbocycles. The first kappa shape index (κ1) is 15.6. The van der Waals surface area contributed by atoms with Crippen LogP contribution in [0.2, 0.25) is 0 Å². The number of carbonyl (C=O) groups excluding carboxylic acids is 1. The smallest absolute Gasteiger partial charge is 0.222 e. The number of nitrogens with zero attached hydrogens (tertiary/aromatic N) is 4. The summed E-state index contributed by atoms with van der Waals surface area (Å²) in [5.41, 5.74) is 1.23. The van der Waals surface area contributed by atoms with Crippen LogP contribution in [0.5, 0.6) is 0 Å². The van der Waals surface area contributed by atoms with Crippen LogP contribution < -0.4 is 5.32 Å². The van der Waals surface area contributed by atoms with Gasteiger partial charge >= 0.3 is 0 Å². The Morgan fingerprint density at radius 3 is 2.96 bits per heavy atom. The number of hydrogen-bond donors (Lipinski definition) is 1. The summed E-state index contributed by atoms with van der Waals surface area (Å²) < 4.78 is 15.5. The van der Waals surface area contributed by atoms with Crippen LogP contribution in [0.15, 0.2) is 30.9 Å². The van der Waals surface area contributed by atoms with Crippen molar-refractivity contribution >= 4 is 5.91 Å². The van der Waals surface area contributed by atoms with Gasteiger partial charge in [0.2, 0.25) is 5.91 Å². The Labute approximate surface area is 134 Å². The number of hydrogen-bond acceptors (Lipinski definition) is 4. The van der Waals surface area contributed by atoms with Crippen molar-refractivity contribution < 1.29 is 9.18 Å². The second-order valence-corrected chi connectivity index (χ2v) is 5.85. The molecule has 0 bridgehead atoms. The van der Waals surface area contributed by atoms with Gasteiger partial charge in [-0.2, -0.15) is 5.10 Å². The summed E-state index contributed by atoms with van der Waals surface area (Å²) in [4.78, 5) is 17.3. The lowest BCUT2D eigenvalue weighted by molar-refractivity contribution is -0.127. The molecule has 2 aromatic rings. The summed E-state index contributed by atoms with van der Waals surface area (Å²) in [7, 11) is 0. The molecule has 1 N–H and O–H groups in total. The van der Waals surface area contributed by atoms with Crippen LogP contribution in [0, 0.1) is 5.82 Å². The molecule has 1 atom stereocenters. The molecule has 6 nitrogen and oxygen atoms in total. The number of likely N-dealkylation sites (tertiary alicyclic amines) is 1. The molecule has 0 spiro atoms. The molecule has 1 aliphatic heterocycles. The summed E-state index contributed by atoms with van der Waals surface area (Å²) in [6.45, 7) is 4.12. The van der Waals surface area contributed by atoms with Gasteiger partial charge in [-0.3, -0.25) is 4.79 Å². The van der Waals surface area contributed by atoms with Crippen molar-refractivity contribution in [1.29, 1.82) is 0 Å². The van der Waals surface area contributed by atoms with Crippen LogP contribution in [-0.2, 0) is 11.3 Å². The van der Waals surface area contributed by atoms with E-state index >= 15 is 0 Å². The van der Waals surface area contributed by atoms with Crippen molar-refractivity contribution in [2.24, 2.45) is 0 Å². The Balaban J connectivity index is 1.56. The highest BCUT2D eigenvalue weighted by Gasteiger charge is 2.21. The van der Waals surface area contributed by atoms with Crippen LogP contribution in [0.1, 0.15) is 25.3 Å². The lowest BCUT2D eigenvalue weighted by Gasteiger charge is -2.21. The summed E-state index contributed by atoms with van der Waals surface area (Å²) in [6, 6.07) is 5.21. The van der Waals surface area contributed by atoms with E-state index in [9.17, 15) is 9.18 Å². The van der Waals surface area contributed by atoms with Crippen LogP contribution >= 0.6 is 0 Å². The van der Waals surface area contributed by atoms with E-state index in [2.05, 4.69) is 15.4 Å². The Morgan fingerprint density at radius 1 is 1.43 bits per heavy atom. The molecule has 122 valence electrons. The zero-order valence-corrected chi connectivity index (χ0v) is 13.1. The number of aromatic nitrogens is 3. The largest absolute Gasteiger partial charge is 0.341 e. The van der Waals surface area contributed by atoms with Gasteiger partial charge < -0.3 is 10.2 Å². The number of carbonyl (C=O) groups is 1. The molecule has 2 heterocycles. The average Bonchev–Trinajstić information content (AvgIpc) is 3.18. The van der Waals surface area contributed by atoms with Crippen molar-refractivity contribution in [3.63, 3.8) is 0 Å². The fourth-order valence-corrected chi connectivity index (χ4v) is 2.76. The Kier molecular flexibility index (Phi) is 4.66. The lowest BCUT2D eigenvalue weighted by Crippen LogP contribution is -2.39. The molecular weight excluding hydrogens is 297 g/mol. The van der Waals surface area contributed by atoms with Gasteiger partial charge in [0.05, 0.1) is 0 Å². The fourth-order valence-electron chi connectivity index (χ4n) is 2.76. The van der Waals surface area contributed by atoms with Gasteiger partial charge in [-0.25, -0.2) is 14.1 Å². The van der Waals surface area contributed by atoms with Crippen LogP contribution in [-0.4, -0.2) is 44.7 Å². The van der Waals surface area contributed by atoms with E-state index < -0.39 is 0 Å². The first-order valence-corrected chi connectivity index (χ1v) is 7.78. The van der Waals surface area contributed by atoms with E-state index in [1.54, 1.807) is 6.07 Å². The van der Waals surface area contributed by atoms with Gasteiger partial charge in [0.1, 0.15) is 24.2 Å². The third kappa shape index (κ3) is 3.73. The van der Waals surface area contributed by atoms with Crippen molar-refractivity contribution in [3.05, 3.63) is 42.2 Å². The molecule has 0 radical (unpaired) electrons. The SMILES string of the molecule is C[C@@H](CN1CCCC1=O)NCc1ccc(-n2cncn2)c(F)c1. The second kappa shape index (κ2) is 6.87. The van der Waals surface area contributed by atoms with Gasteiger partial charge in [0.25, 0.3) is 0 Å². The Morgan fingerprint density at radius 2 is 2.30 bits per heavy atom. The normalized spacial score (nSPS) is 16.1. The Hall–Kier alpha value is -2.28. The molecule has 1 fully saturated rings. The molecule has 3 rings (SSSR count). The topological polar surface area (TPSA) is 63.1 Å². The summed E-state index contributed by atoms with van der Waals surface area (Å²) in [6.07, 6.45) is 4.43. The van der Waals surface area contributed by atoms with E-state index in [1.165, 1.54) is 23.4 Å². The molecule has 0 unspecified atom stereocenters. The maximum atomic E-state index is 14.1. The monoisotopic (exact) mass is 317 g/mol. The molecule has 1 amide bonds. The first-order chi connectivity index (χ1) is 11.1.